The van der Waals surface area contributed by atoms with E-state index in [0.717, 1.165) is 50.8 Å². The zero-order chi connectivity index (χ0) is 25.1. The Morgan fingerprint density at radius 2 is 1.88 bits per heavy atom. The average Bonchev–Trinajstić information content (AvgIpc) is 3.12. The molecule has 1 amide bonds. The lowest BCUT2D eigenvalue weighted by atomic mass is 9.48. The molecule has 0 saturated heterocycles. The molecular weight excluding hydrogens is 473 g/mol. The quantitative estimate of drug-likeness (QED) is 0.528. The summed E-state index contributed by atoms with van der Waals surface area (Å²) in [6, 6.07) is -0.221. The predicted octanol–water partition coefficient (Wildman–Crippen LogP) is 2.62. The maximum Gasteiger partial charge on any atom is 0.434 e. The van der Waals surface area contributed by atoms with E-state index in [1.165, 1.54) is 19.9 Å². The minimum absolute atomic E-state index is 0.110. The van der Waals surface area contributed by atoms with Crippen molar-refractivity contribution in [2.45, 2.75) is 63.7 Å². The Hall–Kier alpha value is -1.92. The Labute approximate surface area is 197 Å². The first-order valence-corrected chi connectivity index (χ1v) is 13.3. The molecule has 1 aromatic heterocycles. The van der Waals surface area contributed by atoms with Gasteiger partial charge in [-0.05, 0) is 75.2 Å². The van der Waals surface area contributed by atoms with Gasteiger partial charge in [-0.1, -0.05) is 0 Å². The van der Waals surface area contributed by atoms with Crippen LogP contribution < -0.4 is 10.0 Å². The zero-order valence-electron chi connectivity index (χ0n) is 19.4. The van der Waals surface area contributed by atoms with E-state index in [2.05, 4.69) is 15.1 Å². The van der Waals surface area contributed by atoms with Gasteiger partial charge in [-0.2, -0.15) is 18.3 Å². The van der Waals surface area contributed by atoms with Gasteiger partial charge in [-0.15, -0.1) is 0 Å². The highest BCUT2D eigenvalue weighted by atomic mass is 32.2. The highest BCUT2D eigenvalue weighted by Gasteiger charge is 2.55. The van der Waals surface area contributed by atoms with Gasteiger partial charge in [0.05, 0.1) is 18.0 Å². The Bertz CT molecular complexity index is 1080. The molecule has 4 bridgehead atoms. The molecule has 4 fully saturated rings. The van der Waals surface area contributed by atoms with Crippen LogP contribution in [-0.2, 0) is 16.2 Å². The van der Waals surface area contributed by atoms with Gasteiger partial charge >= 0.3 is 6.18 Å². The Balaban J connectivity index is 1.56. The fourth-order valence-electron chi connectivity index (χ4n) is 6.54. The van der Waals surface area contributed by atoms with Crippen molar-refractivity contribution in [1.82, 2.24) is 19.8 Å². The maximum atomic E-state index is 13.9. The molecule has 4 aliphatic carbocycles. The average molecular weight is 505 g/mol. The first-order chi connectivity index (χ1) is 15.6. The number of aliphatic hydroxyl groups is 1. The van der Waals surface area contributed by atoms with Gasteiger partial charge in [-0.25, -0.2) is 17.8 Å². The Kier molecular flexibility index (Phi) is 6.17. The topological polar surface area (TPSA) is 113 Å². The number of nitrogens with one attached hydrogen (secondary N) is 2. The number of carbonyl (C=O) groups excluding carboxylic acids is 1. The van der Waals surface area contributed by atoms with Crippen molar-refractivity contribution in [3.63, 3.8) is 0 Å². The Morgan fingerprint density at radius 1 is 1.26 bits per heavy atom. The van der Waals surface area contributed by atoms with Gasteiger partial charge < -0.3 is 10.4 Å². The molecule has 0 aromatic carbocycles. The molecule has 3 N–H and O–H groups in total. The van der Waals surface area contributed by atoms with Crippen LogP contribution >= 0.6 is 0 Å². The van der Waals surface area contributed by atoms with E-state index < -0.39 is 38.9 Å². The summed E-state index contributed by atoms with van der Waals surface area (Å²) in [6.45, 7) is 3.08. The lowest BCUT2D eigenvalue weighted by molar-refractivity contribution is -0.142. The molecule has 0 spiro atoms. The lowest BCUT2D eigenvalue weighted by Gasteiger charge is -2.59. The molecule has 0 radical (unpaired) electrons. The van der Waals surface area contributed by atoms with E-state index in [4.69, 9.17) is 0 Å². The van der Waals surface area contributed by atoms with Crippen LogP contribution in [0.4, 0.5) is 13.2 Å². The van der Waals surface area contributed by atoms with Crippen molar-refractivity contribution < 1.29 is 31.5 Å². The van der Waals surface area contributed by atoms with Crippen LogP contribution in [0, 0.1) is 23.2 Å². The molecule has 1 heterocycles. The zero-order valence-corrected chi connectivity index (χ0v) is 20.2. The summed E-state index contributed by atoms with van der Waals surface area (Å²) in [5, 5.41) is 16.5. The number of halogens is 3. The number of alkyl halides is 3. The van der Waals surface area contributed by atoms with E-state index in [-0.39, 0.29) is 29.9 Å². The van der Waals surface area contributed by atoms with E-state index in [0.29, 0.717) is 10.6 Å². The summed E-state index contributed by atoms with van der Waals surface area (Å²) in [5.41, 5.74) is -3.07. The van der Waals surface area contributed by atoms with Crippen molar-refractivity contribution in [1.29, 1.82) is 0 Å². The smallest absolute Gasteiger partial charge is 0.396 e. The molecular formula is C22H31F3N4O4S. The largest absolute Gasteiger partial charge is 0.434 e. The number of rotatable bonds is 7. The summed E-state index contributed by atoms with van der Waals surface area (Å²) in [6.07, 6.45) is 3.61. The van der Waals surface area contributed by atoms with Crippen LogP contribution in [0.1, 0.15) is 62.0 Å². The SMILES string of the molecule is CC(C)(C=Cn1ncc(C(=O)NC2C3CC4CC2CC(CO)(C4)C3)c1C(F)(F)F)NS(C)(=O)=O. The van der Waals surface area contributed by atoms with Crippen molar-refractivity contribution in [3.05, 3.63) is 23.5 Å². The van der Waals surface area contributed by atoms with Crippen LogP contribution in [0.2, 0.25) is 0 Å². The Morgan fingerprint density at radius 3 is 2.41 bits per heavy atom. The van der Waals surface area contributed by atoms with Crippen LogP contribution in [0.25, 0.3) is 6.20 Å². The van der Waals surface area contributed by atoms with E-state index in [1.54, 1.807) is 0 Å². The van der Waals surface area contributed by atoms with Gasteiger partial charge in [-0.3, -0.25) is 4.79 Å². The molecule has 1 aromatic rings. The van der Waals surface area contributed by atoms with Crippen molar-refractivity contribution >= 4 is 22.1 Å². The van der Waals surface area contributed by atoms with Crippen molar-refractivity contribution in [2.75, 3.05) is 12.9 Å². The standard InChI is InChI=1S/C22H31F3N4O4S/c1-20(2,28-34(3,32)33)4-5-29-18(22(23,24)25)16(11-26-29)19(31)27-17-14-6-13-7-15(17)10-21(8-13,9-14)12-30/h4-5,11,13-15,17,28,30H,6-10,12H2,1-3H3,(H,27,31). The van der Waals surface area contributed by atoms with Gasteiger partial charge in [0.25, 0.3) is 5.91 Å². The summed E-state index contributed by atoms with van der Waals surface area (Å²) < 4.78 is 67.7. The molecule has 5 rings (SSSR count). The van der Waals surface area contributed by atoms with Crippen LogP contribution in [-0.4, -0.2) is 53.7 Å². The highest BCUT2D eigenvalue weighted by Crippen LogP contribution is 2.59. The predicted molar refractivity (Wildman–Crippen MR) is 119 cm³/mol. The van der Waals surface area contributed by atoms with Gasteiger partial charge in [0.15, 0.2) is 5.69 Å². The van der Waals surface area contributed by atoms with E-state index in [1.807, 2.05) is 0 Å². The van der Waals surface area contributed by atoms with Crippen molar-refractivity contribution in [3.8, 4) is 0 Å². The fraction of sp³-hybridized carbons (Fsp3) is 0.727. The minimum Gasteiger partial charge on any atom is -0.396 e. The molecule has 8 nitrogen and oxygen atoms in total. The molecule has 0 aliphatic heterocycles. The van der Waals surface area contributed by atoms with Gasteiger partial charge in [0.2, 0.25) is 10.0 Å². The fourth-order valence-corrected chi connectivity index (χ4v) is 7.57. The second kappa shape index (κ2) is 8.34. The second-order valence-electron chi connectivity index (χ2n) is 10.9. The molecule has 2 unspecified atom stereocenters. The molecule has 34 heavy (non-hydrogen) atoms. The third-order valence-corrected chi connectivity index (χ3v) is 8.32. The third kappa shape index (κ3) is 5.03. The highest BCUT2D eigenvalue weighted by molar-refractivity contribution is 7.88. The molecule has 4 saturated carbocycles. The number of aliphatic hydroxyl groups excluding tert-OH is 1. The van der Waals surface area contributed by atoms with E-state index >= 15 is 0 Å². The van der Waals surface area contributed by atoms with Gasteiger partial charge in [0, 0.05) is 24.4 Å². The first-order valence-electron chi connectivity index (χ1n) is 11.4. The number of hydrogen-bond acceptors (Lipinski definition) is 5. The minimum atomic E-state index is -4.85. The third-order valence-electron chi connectivity index (χ3n) is 7.42. The summed E-state index contributed by atoms with van der Waals surface area (Å²) in [7, 11) is -3.60. The first kappa shape index (κ1) is 25.2. The number of nitrogens with zero attached hydrogens (tertiary/aromatic N) is 2. The number of hydrogen-bond donors (Lipinski definition) is 3. The maximum absolute atomic E-state index is 13.9. The molecule has 12 heteroatoms. The number of sulfonamides is 1. The molecule has 190 valence electrons. The van der Waals surface area contributed by atoms with Crippen LogP contribution in [0.3, 0.4) is 0 Å². The monoisotopic (exact) mass is 504 g/mol. The second-order valence-corrected chi connectivity index (χ2v) is 12.6. The van der Waals surface area contributed by atoms with Gasteiger partial charge in [0.1, 0.15) is 0 Å². The normalized spacial score (nSPS) is 31.4. The summed E-state index contributed by atoms with van der Waals surface area (Å²) >= 11 is 0. The molecule has 4 aliphatic rings. The summed E-state index contributed by atoms with van der Waals surface area (Å²) in [5.74, 6) is -0.0275. The number of amides is 1. The van der Waals surface area contributed by atoms with Crippen LogP contribution in [0.15, 0.2) is 12.3 Å². The lowest BCUT2D eigenvalue weighted by Crippen LogP contribution is -2.60. The summed E-state index contributed by atoms with van der Waals surface area (Å²) in [4.78, 5) is 13.0. The molecule has 2 atom stereocenters. The van der Waals surface area contributed by atoms with E-state index in [9.17, 15) is 31.5 Å². The number of aromatic nitrogens is 2. The number of carbonyl (C=O) groups is 1. The van der Waals surface area contributed by atoms with Crippen LogP contribution in [0.5, 0.6) is 0 Å². The van der Waals surface area contributed by atoms with Crippen molar-refractivity contribution in [2.24, 2.45) is 23.2 Å².